The normalized spacial score (nSPS) is 13.3. The van der Waals surface area contributed by atoms with E-state index in [2.05, 4.69) is 10.3 Å². The molecule has 0 spiro atoms. The summed E-state index contributed by atoms with van der Waals surface area (Å²) in [5.41, 5.74) is 6.82. The van der Waals surface area contributed by atoms with Crippen LogP contribution in [0.4, 0.5) is 5.82 Å². The molecule has 0 bridgehead atoms. The zero-order chi connectivity index (χ0) is 16.8. The highest BCUT2D eigenvalue weighted by Gasteiger charge is 2.13. The van der Waals surface area contributed by atoms with Gasteiger partial charge in [-0.05, 0) is 37.1 Å². The van der Waals surface area contributed by atoms with E-state index in [1.807, 2.05) is 26.0 Å². The molecule has 2 rings (SSSR count). The largest absolute Gasteiger partial charge is 0.497 e. The lowest BCUT2D eigenvalue weighted by molar-refractivity contribution is 0.169. The lowest BCUT2D eigenvalue weighted by Gasteiger charge is -2.19. The average Bonchev–Trinajstić information content (AvgIpc) is 2.53. The van der Waals surface area contributed by atoms with Crippen molar-refractivity contribution in [1.29, 1.82) is 0 Å². The Morgan fingerprint density at radius 1 is 1.26 bits per heavy atom. The van der Waals surface area contributed by atoms with Crippen LogP contribution in [0, 0.1) is 6.92 Å². The van der Waals surface area contributed by atoms with Gasteiger partial charge < -0.3 is 25.6 Å². The van der Waals surface area contributed by atoms with Gasteiger partial charge in [-0.3, -0.25) is 0 Å². The van der Waals surface area contributed by atoms with Crippen LogP contribution in [0.15, 0.2) is 36.4 Å². The minimum Gasteiger partial charge on any atom is -0.497 e. The molecule has 0 amide bonds. The van der Waals surface area contributed by atoms with E-state index in [1.54, 1.807) is 31.4 Å². The van der Waals surface area contributed by atoms with Gasteiger partial charge in [-0.25, -0.2) is 0 Å². The summed E-state index contributed by atoms with van der Waals surface area (Å²) in [6.45, 7) is 3.87. The first-order chi connectivity index (χ1) is 11.0. The van der Waals surface area contributed by atoms with Gasteiger partial charge in [0.05, 0.1) is 7.11 Å². The Bertz CT molecular complexity index is 649. The van der Waals surface area contributed by atoms with Crippen molar-refractivity contribution in [3.05, 3.63) is 42.0 Å². The molecule has 1 heterocycles. The second kappa shape index (κ2) is 7.80. The van der Waals surface area contributed by atoms with E-state index < -0.39 is 6.23 Å². The van der Waals surface area contributed by atoms with E-state index in [9.17, 15) is 5.11 Å². The van der Waals surface area contributed by atoms with Crippen molar-refractivity contribution in [2.45, 2.75) is 32.5 Å². The minimum absolute atomic E-state index is 0.359. The topological polar surface area (TPSA) is 89.6 Å². The van der Waals surface area contributed by atoms with Crippen LogP contribution in [0.25, 0.3) is 0 Å². The Balaban J connectivity index is 2.12. The molecule has 0 fully saturated rings. The molecule has 1 aromatic carbocycles. The van der Waals surface area contributed by atoms with Gasteiger partial charge in [0.1, 0.15) is 23.5 Å². The summed E-state index contributed by atoms with van der Waals surface area (Å²) in [4.78, 5) is 4.32. The number of aliphatic hydroxyl groups excluding tert-OH is 1. The lowest BCUT2D eigenvalue weighted by atomic mass is 10.2. The number of nitrogens with zero attached hydrogens (tertiary/aromatic N) is 1. The highest BCUT2D eigenvalue weighted by atomic mass is 16.5. The first kappa shape index (κ1) is 17.1. The molecule has 6 heteroatoms. The van der Waals surface area contributed by atoms with Gasteiger partial charge in [-0.2, -0.15) is 4.98 Å². The van der Waals surface area contributed by atoms with E-state index in [4.69, 9.17) is 15.2 Å². The van der Waals surface area contributed by atoms with Crippen molar-refractivity contribution >= 4 is 5.82 Å². The molecule has 0 radical (unpaired) electrons. The number of nitrogens with one attached hydrogen (secondary N) is 1. The maximum atomic E-state index is 9.92. The Morgan fingerprint density at radius 3 is 2.70 bits per heavy atom. The van der Waals surface area contributed by atoms with Crippen LogP contribution in [0.1, 0.15) is 18.9 Å². The van der Waals surface area contributed by atoms with Crippen LogP contribution in [-0.4, -0.2) is 29.5 Å². The molecule has 1 aromatic heterocycles. The smallest absolute Gasteiger partial charge is 0.221 e. The summed E-state index contributed by atoms with van der Waals surface area (Å²) in [5.74, 6) is 2.27. The van der Waals surface area contributed by atoms with Gasteiger partial charge in [0, 0.05) is 18.2 Å². The zero-order valence-electron chi connectivity index (χ0n) is 13.6. The maximum absolute atomic E-state index is 9.92. The van der Waals surface area contributed by atoms with Gasteiger partial charge in [-0.15, -0.1) is 0 Å². The third-order valence-corrected chi connectivity index (χ3v) is 3.38. The summed E-state index contributed by atoms with van der Waals surface area (Å²) in [6.07, 6.45) is -0.199. The molecule has 2 atom stereocenters. The van der Waals surface area contributed by atoms with Gasteiger partial charge in [0.25, 0.3) is 0 Å². The Hall–Kier alpha value is -2.31. The average molecular weight is 317 g/mol. The highest BCUT2D eigenvalue weighted by molar-refractivity contribution is 5.42. The van der Waals surface area contributed by atoms with Crippen molar-refractivity contribution < 1.29 is 14.6 Å². The molecule has 6 nitrogen and oxygen atoms in total. The fraction of sp³-hybridized carbons (Fsp3) is 0.353. The summed E-state index contributed by atoms with van der Waals surface area (Å²) in [7, 11) is 1.61. The number of ether oxygens (including phenoxy) is 2. The highest BCUT2D eigenvalue weighted by Crippen LogP contribution is 2.26. The first-order valence-electron chi connectivity index (χ1n) is 7.52. The van der Waals surface area contributed by atoms with Crippen LogP contribution in [0.3, 0.4) is 0 Å². The molecule has 124 valence electrons. The Kier molecular flexibility index (Phi) is 5.78. The van der Waals surface area contributed by atoms with E-state index in [0.29, 0.717) is 23.9 Å². The number of hydrogen-bond donors (Lipinski definition) is 3. The molecule has 4 N–H and O–H groups in total. The summed E-state index contributed by atoms with van der Waals surface area (Å²) >= 11 is 0. The molecule has 0 aliphatic heterocycles. The zero-order valence-corrected chi connectivity index (χ0v) is 13.6. The minimum atomic E-state index is -0.859. The maximum Gasteiger partial charge on any atom is 0.221 e. The first-order valence-corrected chi connectivity index (χ1v) is 7.52. The van der Waals surface area contributed by atoms with Crippen LogP contribution < -0.4 is 20.5 Å². The lowest BCUT2D eigenvalue weighted by Crippen LogP contribution is -2.39. The number of aryl methyl sites for hydroxylation is 1. The van der Waals surface area contributed by atoms with Crippen molar-refractivity contribution in [2.75, 3.05) is 12.4 Å². The van der Waals surface area contributed by atoms with Crippen molar-refractivity contribution in [1.82, 2.24) is 4.98 Å². The fourth-order valence-corrected chi connectivity index (χ4v) is 2.05. The third-order valence-electron chi connectivity index (χ3n) is 3.38. The number of nitrogens with two attached hydrogens (primary N) is 1. The second-order valence-electron chi connectivity index (χ2n) is 5.31. The number of aromatic nitrogens is 1. The Morgan fingerprint density at radius 2 is 2.00 bits per heavy atom. The van der Waals surface area contributed by atoms with Gasteiger partial charge in [0.2, 0.25) is 5.88 Å². The van der Waals surface area contributed by atoms with E-state index in [1.165, 1.54) is 0 Å². The van der Waals surface area contributed by atoms with Crippen LogP contribution in [0.5, 0.6) is 17.4 Å². The van der Waals surface area contributed by atoms with Crippen LogP contribution >= 0.6 is 0 Å². The predicted molar refractivity (Wildman–Crippen MR) is 89.9 cm³/mol. The second-order valence-corrected chi connectivity index (χ2v) is 5.31. The number of rotatable bonds is 7. The summed E-state index contributed by atoms with van der Waals surface area (Å²) in [5, 5.41) is 12.8. The number of aliphatic hydroxyl groups is 1. The number of pyridine rings is 1. The third kappa shape index (κ3) is 4.84. The molecule has 0 saturated heterocycles. The Labute approximate surface area is 136 Å². The molecule has 0 saturated carbocycles. The van der Waals surface area contributed by atoms with E-state index >= 15 is 0 Å². The van der Waals surface area contributed by atoms with Crippen LogP contribution in [-0.2, 0) is 0 Å². The van der Waals surface area contributed by atoms with E-state index in [0.717, 1.165) is 11.3 Å². The number of anilines is 1. The molecular formula is C17H23N3O3. The summed E-state index contributed by atoms with van der Waals surface area (Å²) in [6, 6.07) is 10.5. The molecule has 0 aliphatic carbocycles. The molecular weight excluding hydrogens is 294 g/mol. The van der Waals surface area contributed by atoms with Crippen molar-refractivity contribution in [3.63, 3.8) is 0 Å². The molecule has 2 aromatic rings. The monoisotopic (exact) mass is 317 g/mol. The molecule has 23 heavy (non-hydrogen) atoms. The van der Waals surface area contributed by atoms with E-state index in [-0.39, 0.29) is 6.04 Å². The summed E-state index contributed by atoms with van der Waals surface area (Å²) < 4.78 is 11.0. The van der Waals surface area contributed by atoms with Crippen LogP contribution in [0.2, 0.25) is 0 Å². The van der Waals surface area contributed by atoms with Gasteiger partial charge in [0.15, 0.2) is 0 Å². The SMILES string of the molecule is CC[C@@H](N)C(O)Nc1cccc(Oc2cc(C)cc(OC)c2)n1. The molecule has 0 aliphatic rings. The molecule has 1 unspecified atom stereocenters. The standard InChI is InChI=1S/C17H23N3O3/c1-4-14(18)17(21)20-15-6-5-7-16(19-15)23-13-9-11(2)8-12(10-13)22-3/h5-10,14,17,21H,4,18H2,1-3H3,(H,19,20)/t14-,17?/m1/s1. The van der Waals surface area contributed by atoms with Crippen molar-refractivity contribution in [2.24, 2.45) is 5.73 Å². The number of benzene rings is 1. The fourth-order valence-electron chi connectivity index (χ4n) is 2.05. The number of methoxy groups -OCH3 is 1. The van der Waals surface area contributed by atoms with Gasteiger partial charge in [-0.1, -0.05) is 13.0 Å². The van der Waals surface area contributed by atoms with Crippen molar-refractivity contribution in [3.8, 4) is 17.4 Å². The quantitative estimate of drug-likeness (QED) is 0.680. The van der Waals surface area contributed by atoms with Gasteiger partial charge >= 0.3 is 0 Å². The predicted octanol–water partition coefficient (Wildman–Crippen LogP) is 2.66. The number of hydrogen-bond acceptors (Lipinski definition) is 6.